The summed E-state index contributed by atoms with van der Waals surface area (Å²) in [5.41, 5.74) is 5.08. The van der Waals surface area contributed by atoms with Crippen LogP contribution in [-0.4, -0.2) is 13.0 Å². The van der Waals surface area contributed by atoms with Crippen LogP contribution in [0.4, 0.5) is 0 Å². The zero-order chi connectivity index (χ0) is 13.5. The van der Waals surface area contributed by atoms with Crippen LogP contribution < -0.4 is 20.6 Å². The lowest BCUT2D eigenvalue weighted by Crippen LogP contribution is -2.43. The van der Waals surface area contributed by atoms with Gasteiger partial charge >= 0.3 is 0 Å². The van der Waals surface area contributed by atoms with Gasteiger partial charge in [0.05, 0.1) is 7.11 Å². The fourth-order valence-electron chi connectivity index (χ4n) is 2.25. The number of hydrogen-bond acceptors (Lipinski definition) is 4. The number of carbonyl (C=O) groups excluding carboxylic acids is 1. The topological polar surface area (TPSA) is 59.6 Å². The van der Waals surface area contributed by atoms with Gasteiger partial charge in [0.15, 0.2) is 0 Å². The molecule has 1 aliphatic rings. The van der Waals surface area contributed by atoms with Crippen LogP contribution in [-0.2, 0) is 4.79 Å². The minimum Gasteiger partial charge on any atom is -0.497 e. The average Bonchev–Trinajstić information content (AvgIpc) is 2.49. The molecule has 1 aromatic carbocycles. The normalized spacial score (nSPS) is 15.8. The standard InChI is InChI=1S/C14H20N2O3/c1-18-12-7-9-13(10-8-12)19-16-15-14(17)11-5-3-2-4-6-11/h7-11,16H,2-6H2,1H3,(H,15,17). The molecule has 2 rings (SSSR count). The van der Waals surface area contributed by atoms with E-state index in [4.69, 9.17) is 9.57 Å². The van der Waals surface area contributed by atoms with Gasteiger partial charge in [0.1, 0.15) is 11.5 Å². The number of methoxy groups -OCH3 is 1. The lowest BCUT2D eigenvalue weighted by molar-refractivity contribution is -0.129. The number of rotatable bonds is 5. The van der Waals surface area contributed by atoms with Crippen molar-refractivity contribution in [2.24, 2.45) is 5.92 Å². The molecular formula is C14H20N2O3. The van der Waals surface area contributed by atoms with Crippen molar-refractivity contribution in [1.29, 1.82) is 0 Å². The molecule has 0 heterocycles. The Labute approximate surface area is 113 Å². The van der Waals surface area contributed by atoms with Crippen LogP contribution in [0.3, 0.4) is 0 Å². The minimum atomic E-state index is 0.00760. The third-order valence-corrected chi connectivity index (χ3v) is 3.38. The number of benzene rings is 1. The molecular weight excluding hydrogens is 244 g/mol. The van der Waals surface area contributed by atoms with E-state index in [1.54, 1.807) is 31.4 Å². The van der Waals surface area contributed by atoms with Crippen LogP contribution >= 0.6 is 0 Å². The summed E-state index contributed by atoms with van der Waals surface area (Å²) in [6, 6.07) is 7.11. The molecule has 1 fully saturated rings. The molecule has 0 radical (unpaired) electrons. The molecule has 1 aliphatic carbocycles. The molecule has 0 spiro atoms. The van der Waals surface area contributed by atoms with E-state index in [-0.39, 0.29) is 11.8 Å². The Bertz CT molecular complexity index is 400. The number of amides is 1. The number of carbonyl (C=O) groups is 1. The Morgan fingerprint density at radius 3 is 2.37 bits per heavy atom. The van der Waals surface area contributed by atoms with E-state index < -0.39 is 0 Å². The van der Waals surface area contributed by atoms with E-state index in [2.05, 4.69) is 11.0 Å². The van der Waals surface area contributed by atoms with Gasteiger partial charge in [-0.15, -0.1) is 0 Å². The maximum absolute atomic E-state index is 11.8. The van der Waals surface area contributed by atoms with Gasteiger partial charge in [0, 0.05) is 5.92 Å². The maximum Gasteiger partial charge on any atom is 0.239 e. The molecule has 104 valence electrons. The zero-order valence-electron chi connectivity index (χ0n) is 11.1. The SMILES string of the molecule is COc1ccc(ONNC(=O)C2CCCCC2)cc1. The second-order valence-corrected chi connectivity index (χ2v) is 4.70. The van der Waals surface area contributed by atoms with E-state index in [1.165, 1.54) is 6.42 Å². The van der Waals surface area contributed by atoms with Crippen molar-refractivity contribution in [3.05, 3.63) is 24.3 Å². The Hall–Kier alpha value is -1.75. The van der Waals surface area contributed by atoms with Gasteiger partial charge in [0.25, 0.3) is 0 Å². The highest BCUT2D eigenvalue weighted by Gasteiger charge is 2.20. The Kier molecular flexibility index (Phi) is 5.03. The van der Waals surface area contributed by atoms with Gasteiger partial charge in [-0.2, -0.15) is 0 Å². The van der Waals surface area contributed by atoms with Gasteiger partial charge in [-0.1, -0.05) is 24.9 Å². The molecule has 5 nitrogen and oxygen atoms in total. The third kappa shape index (κ3) is 4.13. The first-order valence-electron chi connectivity index (χ1n) is 6.65. The second kappa shape index (κ2) is 6.99. The van der Waals surface area contributed by atoms with Crippen LogP contribution in [0.1, 0.15) is 32.1 Å². The van der Waals surface area contributed by atoms with Crippen LogP contribution in [0, 0.1) is 5.92 Å². The van der Waals surface area contributed by atoms with Crippen LogP contribution in [0.25, 0.3) is 0 Å². The highest BCUT2D eigenvalue weighted by Crippen LogP contribution is 2.23. The van der Waals surface area contributed by atoms with Crippen molar-refractivity contribution in [2.75, 3.05) is 7.11 Å². The second-order valence-electron chi connectivity index (χ2n) is 4.70. The van der Waals surface area contributed by atoms with E-state index in [1.807, 2.05) is 0 Å². The molecule has 0 aromatic heterocycles. The van der Waals surface area contributed by atoms with Crippen molar-refractivity contribution in [2.45, 2.75) is 32.1 Å². The summed E-state index contributed by atoms with van der Waals surface area (Å²) >= 11 is 0. The molecule has 0 unspecified atom stereocenters. The first kappa shape index (κ1) is 13.7. The predicted molar refractivity (Wildman–Crippen MR) is 71.5 cm³/mol. The lowest BCUT2D eigenvalue weighted by Gasteiger charge is -2.20. The van der Waals surface area contributed by atoms with Crippen LogP contribution in [0.15, 0.2) is 24.3 Å². The van der Waals surface area contributed by atoms with Crippen molar-refractivity contribution in [3.8, 4) is 11.5 Å². The Morgan fingerprint density at radius 1 is 1.11 bits per heavy atom. The van der Waals surface area contributed by atoms with E-state index in [0.717, 1.165) is 31.4 Å². The van der Waals surface area contributed by atoms with Crippen molar-refractivity contribution >= 4 is 5.91 Å². The van der Waals surface area contributed by atoms with Gasteiger partial charge in [-0.05, 0) is 37.1 Å². The Morgan fingerprint density at radius 2 is 1.74 bits per heavy atom. The smallest absolute Gasteiger partial charge is 0.239 e. The monoisotopic (exact) mass is 264 g/mol. The number of hydrazine groups is 1. The van der Waals surface area contributed by atoms with Gasteiger partial charge < -0.3 is 9.57 Å². The third-order valence-electron chi connectivity index (χ3n) is 3.38. The predicted octanol–water partition coefficient (Wildman–Crippen LogP) is 2.19. The minimum absolute atomic E-state index is 0.00760. The highest BCUT2D eigenvalue weighted by atomic mass is 16.7. The molecule has 1 aromatic rings. The molecule has 1 saturated carbocycles. The fourth-order valence-corrected chi connectivity index (χ4v) is 2.25. The van der Waals surface area contributed by atoms with Crippen LogP contribution in [0.2, 0.25) is 0 Å². The lowest BCUT2D eigenvalue weighted by atomic mass is 9.89. The molecule has 2 N–H and O–H groups in total. The molecule has 0 aliphatic heterocycles. The summed E-state index contributed by atoms with van der Waals surface area (Å²) in [7, 11) is 1.61. The van der Waals surface area contributed by atoms with E-state index in [0.29, 0.717) is 5.75 Å². The molecule has 0 bridgehead atoms. The van der Waals surface area contributed by atoms with Crippen molar-refractivity contribution in [3.63, 3.8) is 0 Å². The molecule has 1 amide bonds. The summed E-state index contributed by atoms with van der Waals surface area (Å²) < 4.78 is 5.05. The van der Waals surface area contributed by atoms with E-state index >= 15 is 0 Å². The highest BCUT2D eigenvalue weighted by molar-refractivity contribution is 5.78. The summed E-state index contributed by atoms with van der Waals surface area (Å²) in [5.74, 6) is 1.50. The maximum atomic E-state index is 11.8. The quantitative estimate of drug-likeness (QED) is 0.800. The Balaban J connectivity index is 1.71. The molecule has 0 saturated heterocycles. The molecule has 0 atom stereocenters. The molecule has 19 heavy (non-hydrogen) atoms. The number of hydrogen-bond donors (Lipinski definition) is 2. The number of ether oxygens (including phenoxy) is 1. The summed E-state index contributed by atoms with van der Waals surface area (Å²) in [6.45, 7) is 0. The van der Waals surface area contributed by atoms with Gasteiger partial charge in [-0.25, -0.2) is 0 Å². The zero-order valence-corrected chi connectivity index (χ0v) is 11.1. The van der Waals surface area contributed by atoms with Crippen LogP contribution in [0.5, 0.6) is 11.5 Å². The summed E-state index contributed by atoms with van der Waals surface area (Å²) in [5, 5.41) is 0. The van der Waals surface area contributed by atoms with Gasteiger partial charge in [-0.3, -0.25) is 10.2 Å². The van der Waals surface area contributed by atoms with Gasteiger partial charge in [0.2, 0.25) is 5.91 Å². The average molecular weight is 264 g/mol. The van der Waals surface area contributed by atoms with E-state index in [9.17, 15) is 4.79 Å². The molecule has 5 heteroatoms. The van der Waals surface area contributed by atoms with Crippen molar-refractivity contribution < 1.29 is 14.4 Å². The van der Waals surface area contributed by atoms with Crippen molar-refractivity contribution in [1.82, 2.24) is 11.0 Å². The summed E-state index contributed by atoms with van der Waals surface area (Å²) in [4.78, 5) is 17.0. The fraction of sp³-hybridized carbons (Fsp3) is 0.500. The first-order chi connectivity index (χ1) is 9.29. The number of nitrogens with one attached hydrogen (secondary N) is 2. The summed E-state index contributed by atoms with van der Waals surface area (Å²) in [6.07, 6.45) is 5.44. The largest absolute Gasteiger partial charge is 0.497 e. The first-order valence-corrected chi connectivity index (χ1v) is 6.65.